The number of hydrogen-bond acceptors (Lipinski definition) is 2. The minimum atomic E-state index is -4.09. The maximum absolute atomic E-state index is 12.7. The van der Waals surface area contributed by atoms with Crippen LogP contribution < -0.4 is 5.32 Å². The van der Waals surface area contributed by atoms with E-state index < -0.39 is 25.1 Å². The molecule has 0 saturated heterocycles. The Kier molecular flexibility index (Phi) is 6.57. The van der Waals surface area contributed by atoms with Gasteiger partial charge in [0.1, 0.15) is 6.61 Å². The Balaban J connectivity index is 4.30. The molecule has 18 heavy (non-hydrogen) atoms. The van der Waals surface area contributed by atoms with Gasteiger partial charge in [-0.3, -0.25) is 0 Å². The lowest BCUT2D eigenvalue weighted by atomic mass is 10.0. The number of nitrogens with one attached hydrogen (secondary N) is 1. The monoisotopic (exact) mass is 273 g/mol. The van der Waals surface area contributed by atoms with Gasteiger partial charge in [0, 0.05) is 12.1 Å². The summed E-state index contributed by atoms with van der Waals surface area (Å²) in [5.74, 6) is -4.12. The van der Waals surface area contributed by atoms with Crippen molar-refractivity contribution >= 4 is 0 Å². The van der Waals surface area contributed by atoms with Crippen molar-refractivity contribution in [2.75, 3.05) is 13.2 Å². The van der Waals surface area contributed by atoms with Gasteiger partial charge in [0.15, 0.2) is 0 Å². The number of alkyl halides is 4. The molecule has 0 saturated carbocycles. The van der Waals surface area contributed by atoms with E-state index in [0.717, 1.165) is 0 Å². The van der Waals surface area contributed by atoms with Gasteiger partial charge in [0.05, 0.1) is 6.10 Å². The SMILES string of the molecule is CC(C)C(CNC(C)(C)C)OCC(F)(F)C(F)F. The molecule has 110 valence electrons. The van der Waals surface area contributed by atoms with Crippen molar-refractivity contribution in [3.8, 4) is 0 Å². The Labute approximate surface area is 106 Å². The van der Waals surface area contributed by atoms with E-state index in [4.69, 9.17) is 4.74 Å². The summed E-state index contributed by atoms with van der Waals surface area (Å²) in [6, 6.07) is 0. The van der Waals surface area contributed by atoms with E-state index in [1.807, 2.05) is 20.8 Å². The molecule has 0 aliphatic carbocycles. The van der Waals surface area contributed by atoms with Crippen molar-refractivity contribution in [1.82, 2.24) is 5.32 Å². The third-order valence-corrected chi connectivity index (χ3v) is 2.39. The van der Waals surface area contributed by atoms with Crippen LogP contribution in [0.3, 0.4) is 0 Å². The standard InChI is InChI=1S/C12H23F4NO/c1-8(2)9(6-17-11(3,4)5)18-7-12(15,16)10(13)14/h8-10,17H,6-7H2,1-5H3. The number of rotatable bonds is 7. The first kappa shape index (κ1) is 17.6. The Bertz CT molecular complexity index is 239. The van der Waals surface area contributed by atoms with Crippen LogP contribution in [0.4, 0.5) is 17.6 Å². The van der Waals surface area contributed by atoms with E-state index >= 15 is 0 Å². The molecule has 0 amide bonds. The largest absolute Gasteiger partial charge is 0.370 e. The second-order valence-electron chi connectivity index (χ2n) is 5.79. The molecule has 0 fully saturated rings. The summed E-state index contributed by atoms with van der Waals surface area (Å²) in [5.41, 5.74) is -0.179. The summed E-state index contributed by atoms with van der Waals surface area (Å²) in [6.07, 6.45) is -4.21. The van der Waals surface area contributed by atoms with Gasteiger partial charge in [0.25, 0.3) is 0 Å². The molecule has 2 nitrogen and oxygen atoms in total. The molecule has 0 spiro atoms. The third-order valence-electron chi connectivity index (χ3n) is 2.39. The molecule has 1 N–H and O–H groups in total. The van der Waals surface area contributed by atoms with Gasteiger partial charge in [0.2, 0.25) is 0 Å². The second kappa shape index (κ2) is 6.70. The Morgan fingerprint density at radius 2 is 1.61 bits per heavy atom. The first-order valence-corrected chi connectivity index (χ1v) is 5.98. The zero-order valence-electron chi connectivity index (χ0n) is 11.6. The highest BCUT2D eigenvalue weighted by molar-refractivity contribution is 4.76. The van der Waals surface area contributed by atoms with E-state index in [-0.39, 0.29) is 11.5 Å². The summed E-state index contributed by atoms with van der Waals surface area (Å²) >= 11 is 0. The normalized spacial score (nSPS) is 15.5. The van der Waals surface area contributed by atoms with Gasteiger partial charge in [-0.25, -0.2) is 8.78 Å². The van der Waals surface area contributed by atoms with E-state index in [1.54, 1.807) is 13.8 Å². The highest BCUT2D eigenvalue weighted by atomic mass is 19.3. The van der Waals surface area contributed by atoms with Gasteiger partial charge in [-0.15, -0.1) is 0 Å². The van der Waals surface area contributed by atoms with Crippen LogP contribution in [0.5, 0.6) is 0 Å². The van der Waals surface area contributed by atoms with E-state index in [2.05, 4.69) is 5.32 Å². The highest BCUT2D eigenvalue weighted by Gasteiger charge is 2.41. The molecule has 0 rings (SSSR count). The Morgan fingerprint density at radius 1 is 1.11 bits per heavy atom. The predicted octanol–water partition coefficient (Wildman–Crippen LogP) is 3.32. The molecule has 1 atom stereocenters. The van der Waals surface area contributed by atoms with Crippen LogP contribution in [0.15, 0.2) is 0 Å². The second-order valence-corrected chi connectivity index (χ2v) is 5.79. The molecular formula is C12H23F4NO. The minimum absolute atomic E-state index is 0.0340. The molecule has 1 unspecified atom stereocenters. The number of halogens is 4. The highest BCUT2D eigenvalue weighted by Crippen LogP contribution is 2.24. The summed E-state index contributed by atoms with van der Waals surface area (Å²) in [6.45, 7) is 8.49. The lowest BCUT2D eigenvalue weighted by molar-refractivity contribution is -0.179. The fraction of sp³-hybridized carbons (Fsp3) is 1.00. The first-order valence-electron chi connectivity index (χ1n) is 5.98. The van der Waals surface area contributed by atoms with Crippen molar-refractivity contribution in [2.24, 2.45) is 5.92 Å². The first-order chi connectivity index (χ1) is 7.96. The van der Waals surface area contributed by atoms with Crippen LogP contribution in [0, 0.1) is 5.92 Å². The van der Waals surface area contributed by atoms with Crippen molar-refractivity contribution in [1.29, 1.82) is 0 Å². The lowest BCUT2D eigenvalue weighted by Crippen LogP contribution is -2.45. The molecule has 0 bridgehead atoms. The maximum Gasteiger partial charge on any atom is 0.330 e. The topological polar surface area (TPSA) is 21.3 Å². The summed E-state index contributed by atoms with van der Waals surface area (Å²) < 4.78 is 54.4. The molecule has 0 aliphatic heterocycles. The Hall–Kier alpha value is -0.360. The molecule has 0 aromatic carbocycles. The molecule has 0 aliphatic rings. The fourth-order valence-corrected chi connectivity index (χ4v) is 1.17. The average molecular weight is 273 g/mol. The number of hydrogen-bond donors (Lipinski definition) is 1. The molecule has 0 aromatic heterocycles. The zero-order chi connectivity index (χ0) is 14.6. The average Bonchev–Trinajstić information content (AvgIpc) is 2.14. The summed E-state index contributed by atoms with van der Waals surface area (Å²) in [7, 11) is 0. The summed E-state index contributed by atoms with van der Waals surface area (Å²) in [5, 5.41) is 3.11. The van der Waals surface area contributed by atoms with Crippen LogP contribution in [0.25, 0.3) is 0 Å². The smallest absolute Gasteiger partial charge is 0.330 e. The minimum Gasteiger partial charge on any atom is -0.370 e. The molecule has 6 heteroatoms. The zero-order valence-corrected chi connectivity index (χ0v) is 11.6. The molecule has 0 radical (unpaired) electrons. The lowest BCUT2D eigenvalue weighted by Gasteiger charge is -2.28. The van der Waals surface area contributed by atoms with Gasteiger partial charge in [-0.2, -0.15) is 8.78 Å². The predicted molar refractivity (Wildman–Crippen MR) is 63.3 cm³/mol. The van der Waals surface area contributed by atoms with E-state index in [0.29, 0.717) is 6.54 Å². The quantitative estimate of drug-likeness (QED) is 0.718. The van der Waals surface area contributed by atoms with Crippen molar-refractivity contribution in [3.05, 3.63) is 0 Å². The van der Waals surface area contributed by atoms with Crippen LogP contribution >= 0.6 is 0 Å². The van der Waals surface area contributed by atoms with Crippen molar-refractivity contribution < 1.29 is 22.3 Å². The molecular weight excluding hydrogens is 250 g/mol. The maximum atomic E-state index is 12.7. The fourth-order valence-electron chi connectivity index (χ4n) is 1.17. The Morgan fingerprint density at radius 3 is 1.94 bits per heavy atom. The van der Waals surface area contributed by atoms with Gasteiger partial charge in [-0.1, -0.05) is 13.8 Å². The number of ether oxygens (including phenoxy) is 1. The van der Waals surface area contributed by atoms with Crippen LogP contribution in [-0.4, -0.2) is 37.1 Å². The van der Waals surface area contributed by atoms with Crippen LogP contribution in [-0.2, 0) is 4.74 Å². The molecule has 0 heterocycles. The van der Waals surface area contributed by atoms with E-state index in [1.165, 1.54) is 0 Å². The summed E-state index contributed by atoms with van der Waals surface area (Å²) in [4.78, 5) is 0. The van der Waals surface area contributed by atoms with Crippen LogP contribution in [0.1, 0.15) is 34.6 Å². The van der Waals surface area contributed by atoms with Crippen molar-refractivity contribution in [3.63, 3.8) is 0 Å². The van der Waals surface area contributed by atoms with Crippen LogP contribution in [0.2, 0.25) is 0 Å². The van der Waals surface area contributed by atoms with Gasteiger partial charge in [-0.05, 0) is 26.7 Å². The van der Waals surface area contributed by atoms with Gasteiger partial charge >= 0.3 is 12.3 Å². The molecule has 0 aromatic rings. The van der Waals surface area contributed by atoms with Crippen molar-refractivity contribution in [2.45, 2.75) is 58.6 Å². The third kappa shape index (κ3) is 7.16. The van der Waals surface area contributed by atoms with E-state index in [9.17, 15) is 17.6 Å². The van der Waals surface area contributed by atoms with Gasteiger partial charge < -0.3 is 10.1 Å².